The van der Waals surface area contributed by atoms with Gasteiger partial charge < -0.3 is 4.74 Å². The number of halogens is 1. The highest BCUT2D eigenvalue weighted by atomic mass is 19.1. The Labute approximate surface area is 93.2 Å². The molecular weight excluding hydrogens is 211 g/mol. The van der Waals surface area contributed by atoms with Gasteiger partial charge in [0, 0.05) is 5.56 Å². The highest BCUT2D eigenvalue weighted by Crippen LogP contribution is 2.13. The molecule has 0 aliphatic rings. The first-order valence-corrected chi connectivity index (χ1v) is 4.80. The van der Waals surface area contributed by atoms with E-state index in [1.807, 2.05) is 6.07 Å². The molecule has 0 aliphatic heterocycles. The number of hydrogen-bond acceptors (Lipinski definition) is 3. The van der Waals surface area contributed by atoms with Crippen molar-refractivity contribution in [2.24, 2.45) is 0 Å². The zero-order valence-corrected chi connectivity index (χ0v) is 9.41. The van der Waals surface area contributed by atoms with Crippen LogP contribution >= 0.6 is 0 Å². The summed E-state index contributed by atoms with van der Waals surface area (Å²) in [5, 5.41) is 0. The predicted octanol–water partition coefficient (Wildman–Crippen LogP) is 2.00. The first kappa shape index (κ1) is 12.4. The van der Waals surface area contributed by atoms with Crippen LogP contribution in [0.1, 0.15) is 21.5 Å². The van der Waals surface area contributed by atoms with Gasteiger partial charge in [0.05, 0.1) is 7.11 Å². The zero-order valence-electron chi connectivity index (χ0n) is 9.41. The summed E-state index contributed by atoms with van der Waals surface area (Å²) in [5.74, 6) is -2.03. The first-order chi connectivity index (χ1) is 7.45. The average molecular weight is 224 g/mol. The number of hydrogen-bond donors (Lipinski definition) is 0. The molecule has 0 N–H and O–H groups in total. The Morgan fingerprint density at radius 1 is 1.19 bits per heavy atom. The van der Waals surface area contributed by atoms with E-state index in [-0.39, 0.29) is 5.56 Å². The SMILES string of the molecule is COC(=O)C(F)C(=O)c1cc(C)cc(C)c1. The summed E-state index contributed by atoms with van der Waals surface area (Å²) < 4.78 is 17.5. The number of ether oxygens (including phenoxy) is 1. The molecule has 0 heterocycles. The molecule has 0 aliphatic carbocycles. The van der Waals surface area contributed by atoms with Gasteiger partial charge in [0.1, 0.15) is 0 Å². The lowest BCUT2D eigenvalue weighted by atomic mass is 10.0. The quantitative estimate of drug-likeness (QED) is 0.448. The van der Waals surface area contributed by atoms with Gasteiger partial charge in [-0.1, -0.05) is 17.2 Å². The van der Waals surface area contributed by atoms with E-state index in [1.165, 1.54) is 0 Å². The Morgan fingerprint density at radius 3 is 2.12 bits per heavy atom. The number of alkyl halides is 1. The van der Waals surface area contributed by atoms with Crippen LogP contribution in [0.3, 0.4) is 0 Å². The van der Waals surface area contributed by atoms with E-state index < -0.39 is 17.9 Å². The molecule has 0 bridgehead atoms. The summed E-state index contributed by atoms with van der Waals surface area (Å²) in [5.41, 5.74) is 1.89. The molecule has 0 fully saturated rings. The van der Waals surface area contributed by atoms with Crippen LogP contribution in [-0.4, -0.2) is 25.0 Å². The van der Waals surface area contributed by atoms with Crippen LogP contribution in [0.2, 0.25) is 0 Å². The van der Waals surface area contributed by atoms with Crippen molar-refractivity contribution in [2.45, 2.75) is 20.0 Å². The summed E-state index contributed by atoms with van der Waals surface area (Å²) in [7, 11) is 1.05. The van der Waals surface area contributed by atoms with Gasteiger partial charge in [-0.15, -0.1) is 0 Å². The second-order valence-electron chi connectivity index (χ2n) is 3.63. The minimum Gasteiger partial charge on any atom is -0.467 e. The molecule has 0 spiro atoms. The number of aryl methyl sites for hydroxylation is 2. The molecule has 0 aromatic heterocycles. The fourth-order valence-electron chi connectivity index (χ4n) is 1.47. The highest BCUT2D eigenvalue weighted by Gasteiger charge is 2.28. The van der Waals surface area contributed by atoms with Gasteiger partial charge in [0.15, 0.2) is 0 Å². The number of Topliss-reactive ketones (excluding diaryl/α,β-unsaturated/α-hetero) is 1. The minimum atomic E-state index is -2.24. The highest BCUT2D eigenvalue weighted by molar-refractivity contribution is 6.11. The normalized spacial score (nSPS) is 12.0. The number of esters is 1. The standard InChI is InChI=1S/C12H13FO3/c1-7-4-8(2)6-9(5-7)11(14)10(13)12(15)16-3/h4-6,10H,1-3H3. The molecule has 0 amide bonds. The lowest BCUT2D eigenvalue weighted by Gasteiger charge is -2.07. The van der Waals surface area contributed by atoms with Crippen LogP contribution in [0, 0.1) is 13.8 Å². The molecule has 0 saturated heterocycles. The van der Waals surface area contributed by atoms with Crippen molar-refractivity contribution >= 4 is 11.8 Å². The van der Waals surface area contributed by atoms with Crippen molar-refractivity contribution in [3.63, 3.8) is 0 Å². The summed E-state index contributed by atoms with van der Waals surface area (Å²) in [6, 6.07) is 4.96. The van der Waals surface area contributed by atoms with E-state index in [1.54, 1.807) is 26.0 Å². The van der Waals surface area contributed by atoms with Gasteiger partial charge >= 0.3 is 5.97 Å². The van der Waals surface area contributed by atoms with E-state index in [0.717, 1.165) is 18.2 Å². The Hall–Kier alpha value is -1.71. The molecule has 1 unspecified atom stereocenters. The van der Waals surface area contributed by atoms with E-state index in [0.29, 0.717) is 0 Å². The van der Waals surface area contributed by atoms with Crippen LogP contribution in [0.25, 0.3) is 0 Å². The van der Waals surface area contributed by atoms with Crippen LogP contribution in [0.15, 0.2) is 18.2 Å². The lowest BCUT2D eigenvalue weighted by Crippen LogP contribution is -2.27. The maximum absolute atomic E-state index is 13.3. The third-order valence-corrected chi connectivity index (χ3v) is 2.14. The molecule has 4 heteroatoms. The Morgan fingerprint density at radius 2 is 1.69 bits per heavy atom. The fraction of sp³-hybridized carbons (Fsp3) is 0.333. The van der Waals surface area contributed by atoms with E-state index in [4.69, 9.17) is 0 Å². The molecule has 1 atom stereocenters. The second kappa shape index (κ2) is 4.88. The van der Waals surface area contributed by atoms with Crippen LogP contribution < -0.4 is 0 Å². The average Bonchev–Trinajstić information content (AvgIpc) is 2.24. The zero-order chi connectivity index (χ0) is 12.3. The van der Waals surface area contributed by atoms with E-state index in [9.17, 15) is 14.0 Å². The monoisotopic (exact) mass is 224 g/mol. The number of ketones is 1. The maximum Gasteiger partial charge on any atom is 0.348 e. The van der Waals surface area contributed by atoms with Crippen molar-refractivity contribution in [1.29, 1.82) is 0 Å². The molecule has 1 aromatic rings. The van der Waals surface area contributed by atoms with Crippen molar-refractivity contribution in [3.05, 3.63) is 34.9 Å². The maximum atomic E-state index is 13.3. The van der Waals surface area contributed by atoms with Gasteiger partial charge in [0.25, 0.3) is 6.17 Å². The summed E-state index contributed by atoms with van der Waals surface area (Å²) in [6.45, 7) is 3.60. The minimum absolute atomic E-state index is 0.190. The molecule has 16 heavy (non-hydrogen) atoms. The predicted molar refractivity (Wildman–Crippen MR) is 57.2 cm³/mol. The van der Waals surface area contributed by atoms with Gasteiger partial charge in [0.2, 0.25) is 5.78 Å². The van der Waals surface area contributed by atoms with Crippen molar-refractivity contribution in [1.82, 2.24) is 0 Å². The number of carbonyl (C=O) groups is 2. The lowest BCUT2D eigenvalue weighted by molar-refractivity contribution is -0.144. The van der Waals surface area contributed by atoms with Gasteiger partial charge in [-0.2, -0.15) is 0 Å². The molecular formula is C12H13FO3. The fourth-order valence-corrected chi connectivity index (χ4v) is 1.47. The van der Waals surface area contributed by atoms with Gasteiger partial charge in [-0.05, 0) is 26.0 Å². The first-order valence-electron chi connectivity index (χ1n) is 4.80. The molecule has 86 valence electrons. The molecule has 3 nitrogen and oxygen atoms in total. The van der Waals surface area contributed by atoms with Crippen LogP contribution in [0.5, 0.6) is 0 Å². The number of methoxy groups -OCH3 is 1. The molecule has 0 radical (unpaired) electrons. The van der Waals surface area contributed by atoms with Crippen molar-refractivity contribution in [2.75, 3.05) is 7.11 Å². The summed E-state index contributed by atoms with van der Waals surface area (Å²) in [6.07, 6.45) is -2.24. The number of carbonyl (C=O) groups excluding carboxylic acids is 2. The van der Waals surface area contributed by atoms with E-state index >= 15 is 0 Å². The molecule has 1 aromatic carbocycles. The Balaban J connectivity index is 3.00. The Kier molecular flexibility index (Phi) is 3.77. The van der Waals surface area contributed by atoms with Gasteiger partial charge in [-0.25, -0.2) is 9.18 Å². The van der Waals surface area contributed by atoms with Crippen molar-refractivity contribution in [3.8, 4) is 0 Å². The largest absolute Gasteiger partial charge is 0.467 e. The summed E-state index contributed by atoms with van der Waals surface area (Å²) in [4.78, 5) is 22.5. The number of rotatable bonds is 3. The van der Waals surface area contributed by atoms with Crippen molar-refractivity contribution < 1.29 is 18.7 Å². The third kappa shape index (κ3) is 2.66. The van der Waals surface area contributed by atoms with Gasteiger partial charge in [-0.3, -0.25) is 4.79 Å². The van der Waals surface area contributed by atoms with Crippen LogP contribution in [0.4, 0.5) is 4.39 Å². The van der Waals surface area contributed by atoms with E-state index in [2.05, 4.69) is 4.74 Å². The molecule has 1 rings (SSSR count). The number of benzene rings is 1. The third-order valence-electron chi connectivity index (χ3n) is 2.14. The smallest absolute Gasteiger partial charge is 0.348 e. The van der Waals surface area contributed by atoms with Crippen LogP contribution in [-0.2, 0) is 9.53 Å². The molecule has 0 saturated carbocycles. The topological polar surface area (TPSA) is 43.4 Å². The Bertz CT molecular complexity index is 406. The summed E-state index contributed by atoms with van der Waals surface area (Å²) >= 11 is 0. The second-order valence-corrected chi connectivity index (χ2v) is 3.63.